The summed E-state index contributed by atoms with van der Waals surface area (Å²) in [5, 5.41) is 16.6. The molecule has 220 valence electrons. The maximum Gasteiger partial charge on any atom is 0.321 e. The van der Waals surface area contributed by atoms with Crippen molar-refractivity contribution >= 4 is 33.3 Å². The summed E-state index contributed by atoms with van der Waals surface area (Å²) < 4.78 is 39.8. The number of carbonyl (C=O) groups excluding carboxylic acids is 2. The van der Waals surface area contributed by atoms with Crippen LogP contribution in [0.15, 0.2) is 57.9 Å². The van der Waals surface area contributed by atoms with Crippen molar-refractivity contribution in [3.8, 4) is 5.75 Å². The zero-order chi connectivity index (χ0) is 29.9. The molecule has 3 amide bonds. The van der Waals surface area contributed by atoms with Crippen LogP contribution < -0.4 is 14.8 Å². The van der Waals surface area contributed by atoms with E-state index in [0.29, 0.717) is 17.1 Å². The fourth-order valence-electron chi connectivity index (χ4n) is 4.53. The molecule has 0 saturated heterocycles. The number of urea groups is 1. The quantitative estimate of drug-likeness (QED) is 0.363. The number of rotatable bonds is 8. The third-order valence-electron chi connectivity index (χ3n) is 7.04. The van der Waals surface area contributed by atoms with E-state index in [1.54, 1.807) is 50.9 Å². The van der Waals surface area contributed by atoms with Crippen LogP contribution in [0.1, 0.15) is 35.7 Å². The van der Waals surface area contributed by atoms with E-state index in [-0.39, 0.29) is 53.5 Å². The number of nitrogens with one attached hydrogen (secondary N) is 2. The summed E-state index contributed by atoms with van der Waals surface area (Å²) in [6.45, 7) is 7.21. The van der Waals surface area contributed by atoms with Crippen molar-refractivity contribution in [1.29, 1.82) is 0 Å². The monoisotopic (exact) mass is 585 g/mol. The Bertz CT molecular complexity index is 1490. The Labute approximate surface area is 239 Å². The second-order valence-corrected chi connectivity index (χ2v) is 11.9. The number of likely N-dealkylation sites (N-methyl/N-ethyl adjacent to an activating group) is 1. The summed E-state index contributed by atoms with van der Waals surface area (Å²) >= 11 is 0. The van der Waals surface area contributed by atoms with Crippen LogP contribution in [-0.2, 0) is 10.0 Å². The molecule has 12 nitrogen and oxygen atoms in total. The number of sulfonamides is 1. The normalized spacial score (nSPS) is 18.0. The Morgan fingerprint density at radius 2 is 1.93 bits per heavy atom. The molecular weight excluding hydrogens is 550 g/mol. The maximum absolute atomic E-state index is 13.7. The van der Waals surface area contributed by atoms with E-state index in [4.69, 9.17) is 9.26 Å². The van der Waals surface area contributed by atoms with Gasteiger partial charge in [-0.3, -0.25) is 9.52 Å². The molecule has 0 saturated carbocycles. The molecule has 3 atom stereocenters. The van der Waals surface area contributed by atoms with Gasteiger partial charge in [0.2, 0.25) is 0 Å². The lowest BCUT2D eigenvalue weighted by atomic mass is 9.99. The van der Waals surface area contributed by atoms with Crippen LogP contribution in [0.5, 0.6) is 5.75 Å². The first-order valence-corrected chi connectivity index (χ1v) is 14.6. The van der Waals surface area contributed by atoms with Gasteiger partial charge in [-0.25, -0.2) is 13.2 Å². The lowest BCUT2D eigenvalue weighted by Gasteiger charge is -2.38. The Morgan fingerprint density at radius 3 is 2.56 bits per heavy atom. The van der Waals surface area contributed by atoms with E-state index in [9.17, 15) is 23.1 Å². The van der Waals surface area contributed by atoms with Gasteiger partial charge < -0.3 is 29.5 Å². The second kappa shape index (κ2) is 12.2. The van der Waals surface area contributed by atoms with Gasteiger partial charge in [0, 0.05) is 25.2 Å². The summed E-state index contributed by atoms with van der Waals surface area (Å²) in [6.07, 6.45) is -0.539. The molecule has 0 radical (unpaired) electrons. The molecule has 4 rings (SSSR count). The minimum Gasteiger partial charge on any atom is -0.487 e. The first kappa shape index (κ1) is 29.9. The summed E-state index contributed by atoms with van der Waals surface area (Å²) in [5.74, 6) is 0.0901. The van der Waals surface area contributed by atoms with E-state index in [1.807, 2.05) is 6.92 Å². The van der Waals surface area contributed by atoms with Crippen LogP contribution in [0.2, 0.25) is 0 Å². The number of aliphatic hydroxyl groups excluding tert-OH is 1. The molecule has 0 bridgehead atoms. The third-order valence-corrected chi connectivity index (χ3v) is 8.43. The molecule has 1 aromatic heterocycles. The predicted molar refractivity (Wildman–Crippen MR) is 152 cm³/mol. The van der Waals surface area contributed by atoms with Gasteiger partial charge in [-0.05, 0) is 51.1 Å². The molecule has 1 aliphatic rings. The van der Waals surface area contributed by atoms with Crippen molar-refractivity contribution < 1.29 is 32.4 Å². The first-order chi connectivity index (χ1) is 19.4. The average molecular weight is 586 g/mol. The lowest BCUT2D eigenvalue weighted by molar-refractivity contribution is 0.0371. The molecule has 0 spiro atoms. The highest BCUT2D eigenvalue weighted by Gasteiger charge is 2.34. The number of hydrogen-bond acceptors (Lipinski definition) is 8. The van der Waals surface area contributed by atoms with Crippen molar-refractivity contribution in [2.24, 2.45) is 5.92 Å². The number of ether oxygens (including phenoxy) is 1. The van der Waals surface area contributed by atoms with Gasteiger partial charge in [-0.2, -0.15) is 0 Å². The standard InChI is InChI=1S/C28H35N5O7S/c1-17-14-33(18(2)16-34)27(35)23-13-21(31-41(37,38)22-9-7-6-8-10-22)11-12-24(23)39-25(17)15-32(5)28(36)29-26-19(3)30-40-20(26)4/h6-13,17-18,25,31,34H,14-16H2,1-5H3,(H,29,36)/t17-,18+,25-/m0/s1. The van der Waals surface area contributed by atoms with Gasteiger partial charge in [-0.1, -0.05) is 30.3 Å². The molecule has 41 heavy (non-hydrogen) atoms. The number of hydrogen-bond donors (Lipinski definition) is 3. The number of benzene rings is 2. The van der Waals surface area contributed by atoms with E-state index in [2.05, 4.69) is 15.2 Å². The fraction of sp³-hybridized carbons (Fsp3) is 0.393. The van der Waals surface area contributed by atoms with Crippen molar-refractivity contribution in [3.63, 3.8) is 0 Å². The Hall–Kier alpha value is -4.10. The van der Waals surface area contributed by atoms with Crippen LogP contribution >= 0.6 is 0 Å². The number of amides is 3. The minimum absolute atomic E-state index is 0.0802. The molecule has 13 heteroatoms. The number of fused-ring (bicyclic) bond motifs is 1. The highest BCUT2D eigenvalue weighted by atomic mass is 32.2. The van der Waals surface area contributed by atoms with E-state index in [1.165, 1.54) is 35.2 Å². The van der Waals surface area contributed by atoms with E-state index >= 15 is 0 Å². The number of carbonyl (C=O) groups is 2. The summed E-state index contributed by atoms with van der Waals surface area (Å²) in [7, 11) is -2.27. The van der Waals surface area contributed by atoms with Crippen molar-refractivity contribution in [2.75, 3.05) is 36.8 Å². The lowest BCUT2D eigenvalue weighted by Crippen LogP contribution is -2.50. The largest absolute Gasteiger partial charge is 0.487 e. The number of aromatic nitrogens is 1. The summed E-state index contributed by atoms with van der Waals surface area (Å²) in [4.78, 5) is 29.7. The van der Waals surface area contributed by atoms with Crippen molar-refractivity contribution in [3.05, 3.63) is 65.5 Å². The van der Waals surface area contributed by atoms with Crippen LogP contribution in [0.25, 0.3) is 0 Å². The molecule has 0 unspecified atom stereocenters. The fourth-order valence-corrected chi connectivity index (χ4v) is 5.60. The van der Waals surface area contributed by atoms with Crippen LogP contribution in [0.4, 0.5) is 16.2 Å². The van der Waals surface area contributed by atoms with E-state index in [0.717, 1.165) is 0 Å². The molecule has 1 aliphatic heterocycles. The van der Waals surface area contributed by atoms with Crippen LogP contribution in [-0.4, -0.2) is 79.3 Å². The molecule has 3 aromatic rings. The average Bonchev–Trinajstić information content (AvgIpc) is 3.27. The number of anilines is 2. The maximum atomic E-state index is 13.7. The molecule has 2 heterocycles. The number of aliphatic hydroxyl groups is 1. The topological polar surface area (TPSA) is 154 Å². The van der Waals surface area contributed by atoms with Gasteiger partial charge >= 0.3 is 6.03 Å². The minimum atomic E-state index is -3.90. The predicted octanol–water partition coefficient (Wildman–Crippen LogP) is 3.48. The van der Waals surface area contributed by atoms with Gasteiger partial charge in [0.15, 0.2) is 5.76 Å². The summed E-state index contributed by atoms with van der Waals surface area (Å²) in [6, 6.07) is 11.5. The number of nitrogens with zero attached hydrogens (tertiary/aromatic N) is 3. The highest BCUT2D eigenvalue weighted by molar-refractivity contribution is 7.92. The van der Waals surface area contributed by atoms with Crippen molar-refractivity contribution in [1.82, 2.24) is 15.0 Å². The number of aryl methyl sites for hydroxylation is 2. The van der Waals surface area contributed by atoms with Gasteiger partial charge in [0.1, 0.15) is 23.2 Å². The molecular formula is C28H35N5O7S. The van der Waals surface area contributed by atoms with Gasteiger partial charge in [0.25, 0.3) is 15.9 Å². The Morgan fingerprint density at radius 1 is 1.22 bits per heavy atom. The van der Waals surface area contributed by atoms with E-state index < -0.39 is 28.1 Å². The zero-order valence-electron chi connectivity index (χ0n) is 23.6. The van der Waals surface area contributed by atoms with Crippen LogP contribution in [0, 0.1) is 19.8 Å². The van der Waals surface area contributed by atoms with Gasteiger partial charge in [0.05, 0.1) is 29.7 Å². The summed E-state index contributed by atoms with van der Waals surface area (Å²) in [5.41, 5.74) is 1.37. The molecule has 3 N–H and O–H groups in total. The SMILES string of the molecule is Cc1noc(C)c1NC(=O)N(C)C[C@@H]1Oc2ccc(NS(=O)(=O)c3ccccc3)cc2C(=O)N([C@H](C)CO)C[C@@H]1C. The van der Waals surface area contributed by atoms with Crippen LogP contribution in [0.3, 0.4) is 0 Å². The Balaban J connectivity index is 1.62. The smallest absolute Gasteiger partial charge is 0.321 e. The molecule has 0 fully saturated rings. The second-order valence-electron chi connectivity index (χ2n) is 10.3. The van der Waals surface area contributed by atoms with Crippen molar-refractivity contribution in [2.45, 2.75) is 44.7 Å². The third kappa shape index (κ3) is 6.63. The first-order valence-electron chi connectivity index (χ1n) is 13.2. The molecule has 2 aromatic carbocycles. The Kier molecular flexibility index (Phi) is 8.88. The zero-order valence-corrected chi connectivity index (χ0v) is 24.4. The highest BCUT2D eigenvalue weighted by Crippen LogP contribution is 2.31. The van der Waals surface area contributed by atoms with Gasteiger partial charge in [-0.15, -0.1) is 0 Å². The molecule has 0 aliphatic carbocycles.